The number of amides is 1. The maximum atomic E-state index is 12.3. The average Bonchev–Trinajstić information content (AvgIpc) is 2.41. The Morgan fingerprint density at radius 1 is 1.19 bits per heavy atom. The molecule has 0 saturated heterocycles. The van der Waals surface area contributed by atoms with Crippen LogP contribution in [0.5, 0.6) is 0 Å². The van der Waals surface area contributed by atoms with Gasteiger partial charge in [0, 0.05) is 5.92 Å². The summed E-state index contributed by atoms with van der Waals surface area (Å²) in [5.74, 6) is -0.280. The molecule has 1 unspecified atom stereocenters. The van der Waals surface area contributed by atoms with Crippen molar-refractivity contribution in [3.63, 3.8) is 0 Å². The van der Waals surface area contributed by atoms with Gasteiger partial charge >= 0.3 is 5.97 Å². The van der Waals surface area contributed by atoms with E-state index in [-0.39, 0.29) is 11.8 Å². The van der Waals surface area contributed by atoms with Crippen LogP contribution >= 0.6 is 0 Å². The Morgan fingerprint density at radius 2 is 1.76 bits per heavy atom. The molecule has 4 nitrogen and oxygen atoms in total. The van der Waals surface area contributed by atoms with Crippen molar-refractivity contribution >= 4 is 11.9 Å². The summed E-state index contributed by atoms with van der Waals surface area (Å²) in [5.41, 5.74) is -0.472. The summed E-state index contributed by atoms with van der Waals surface area (Å²) < 4.78 is 0. The number of carbonyl (C=O) groups excluding carboxylic acids is 1. The predicted octanol–water partition coefficient (Wildman–Crippen LogP) is 3.60. The van der Waals surface area contributed by atoms with E-state index in [1.54, 1.807) is 0 Å². The fraction of sp³-hybridized carbons (Fsp3) is 0.882. The van der Waals surface area contributed by atoms with Crippen molar-refractivity contribution in [3.8, 4) is 0 Å². The normalized spacial score (nSPS) is 24.4. The van der Waals surface area contributed by atoms with Gasteiger partial charge in [-0.1, -0.05) is 47.0 Å². The smallest absolute Gasteiger partial charge is 0.326 e. The number of hydrogen-bond donors (Lipinski definition) is 2. The fourth-order valence-corrected chi connectivity index (χ4v) is 3.11. The van der Waals surface area contributed by atoms with E-state index in [0.29, 0.717) is 0 Å². The summed E-state index contributed by atoms with van der Waals surface area (Å²) in [5, 5.41) is 12.0. The van der Waals surface area contributed by atoms with Gasteiger partial charge in [0.05, 0.1) is 0 Å². The number of carbonyl (C=O) groups is 2. The van der Waals surface area contributed by atoms with Crippen molar-refractivity contribution in [3.05, 3.63) is 0 Å². The van der Waals surface area contributed by atoms with Crippen LogP contribution in [0.3, 0.4) is 0 Å². The molecule has 0 aliphatic heterocycles. The lowest BCUT2D eigenvalue weighted by Gasteiger charge is -2.32. The second-order valence-electron chi connectivity index (χ2n) is 7.51. The van der Waals surface area contributed by atoms with Gasteiger partial charge in [-0.15, -0.1) is 0 Å². The van der Waals surface area contributed by atoms with Crippen molar-refractivity contribution in [2.75, 3.05) is 0 Å². The average molecular weight is 297 g/mol. The van der Waals surface area contributed by atoms with Crippen molar-refractivity contribution in [2.45, 2.75) is 78.7 Å². The number of unbranched alkanes of at least 4 members (excludes halogenated alkanes) is 1. The fourth-order valence-electron chi connectivity index (χ4n) is 3.11. The van der Waals surface area contributed by atoms with Crippen LogP contribution in [0, 0.1) is 17.3 Å². The van der Waals surface area contributed by atoms with E-state index in [2.05, 4.69) is 12.2 Å². The number of rotatable bonds is 6. The molecule has 1 aliphatic rings. The summed E-state index contributed by atoms with van der Waals surface area (Å²) in [6, 6.07) is -0.817. The molecule has 1 saturated carbocycles. The van der Waals surface area contributed by atoms with E-state index in [0.717, 1.165) is 31.6 Å². The van der Waals surface area contributed by atoms with Crippen LogP contribution in [0.15, 0.2) is 0 Å². The van der Waals surface area contributed by atoms with Crippen LogP contribution in [0.2, 0.25) is 0 Å². The number of carboxylic acid groups (broad SMARTS) is 1. The van der Waals surface area contributed by atoms with Gasteiger partial charge in [-0.2, -0.15) is 0 Å². The van der Waals surface area contributed by atoms with E-state index in [1.165, 1.54) is 19.3 Å². The number of nitrogens with one attached hydrogen (secondary N) is 1. The minimum Gasteiger partial charge on any atom is -0.480 e. The largest absolute Gasteiger partial charge is 0.480 e. The van der Waals surface area contributed by atoms with Gasteiger partial charge in [0.1, 0.15) is 6.04 Å². The lowest BCUT2D eigenvalue weighted by molar-refractivity contribution is -0.145. The monoisotopic (exact) mass is 297 g/mol. The van der Waals surface area contributed by atoms with Gasteiger partial charge < -0.3 is 10.4 Å². The summed E-state index contributed by atoms with van der Waals surface area (Å²) in [4.78, 5) is 23.6. The summed E-state index contributed by atoms with van der Waals surface area (Å²) in [6.45, 7) is 7.73. The molecule has 1 aliphatic carbocycles. The first-order valence-corrected chi connectivity index (χ1v) is 8.28. The highest BCUT2D eigenvalue weighted by atomic mass is 16.4. The van der Waals surface area contributed by atoms with Gasteiger partial charge in [-0.05, 0) is 37.0 Å². The molecule has 4 heteroatoms. The zero-order valence-corrected chi connectivity index (χ0v) is 13.9. The minimum atomic E-state index is -0.951. The van der Waals surface area contributed by atoms with Crippen molar-refractivity contribution in [2.24, 2.45) is 17.3 Å². The molecular formula is C17H31NO3. The van der Waals surface area contributed by atoms with Crippen molar-refractivity contribution in [1.82, 2.24) is 5.32 Å². The minimum absolute atomic E-state index is 0.00734. The Morgan fingerprint density at radius 3 is 2.19 bits per heavy atom. The first-order chi connectivity index (χ1) is 9.75. The lowest BCUT2D eigenvalue weighted by atomic mass is 9.79. The molecule has 0 bridgehead atoms. The highest BCUT2D eigenvalue weighted by Crippen LogP contribution is 2.32. The maximum absolute atomic E-state index is 12.3. The molecule has 0 aromatic rings. The predicted molar refractivity (Wildman–Crippen MR) is 84.0 cm³/mol. The van der Waals surface area contributed by atoms with Crippen LogP contribution in [-0.2, 0) is 9.59 Å². The maximum Gasteiger partial charge on any atom is 0.326 e. The van der Waals surface area contributed by atoms with Crippen LogP contribution < -0.4 is 5.32 Å². The highest BCUT2D eigenvalue weighted by molar-refractivity contribution is 5.85. The van der Waals surface area contributed by atoms with Gasteiger partial charge in [0.15, 0.2) is 0 Å². The molecule has 0 radical (unpaired) electrons. The molecule has 1 fully saturated rings. The molecule has 0 heterocycles. The quantitative estimate of drug-likeness (QED) is 0.787. The molecule has 122 valence electrons. The molecule has 1 amide bonds. The van der Waals surface area contributed by atoms with Crippen LogP contribution in [0.4, 0.5) is 0 Å². The third kappa shape index (κ3) is 5.68. The number of hydrogen-bond acceptors (Lipinski definition) is 2. The van der Waals surface area contributed by atoms with Gasteiger partial charge in [-0.25, -0.2) is 4.79 Å². The topological polar surface area (TPSA) is 66.4 Å². The highest BCUT2D eigenvalue weighted by Gasteiger charge is 2.35. The Hall–Kier alpha value is -1.06. The Bertz CT molecular complexity index is 352. The van der Waals surface area contributed by atoms with E-state index in [9.17, 15) is 14.7 Å². The van der Waals surface area contributed by atoms with E-state index >= 15 is 0 Å². The molecule has 0 aromatic carbocycles. The Labute approximate surface area is 128 Å². The van der Waals surface area contributed by atoms with Gasteiger partial charge in [-0.3, -0.25) is 4.79 Å². The van der Waals surface area contributed by atoms with Gasteiger partial charge in [0.25, 0.3) is 0 Å². The molecule has 1 rings (SSSR count). The molecule has 2 N–H and O–H groups in total. The molecule has 0 spiro atoms. The van der Waals surface area contributed by atoms with E-state index < -0.39 is 17.4 Å². The molecule has 0 aromatic heterocycles. The molecule has 21 heavy (non-hydrogen) atoms. The number of carboxylic acids is 1. The van der Waals surface area contributed by atoms with Crippen LogP contribution in [0.25, 0.3) is 0 Å². The Kier molecular flexibility index (Phi) is 6.69. The third-order valence-electron chi connectivity index (χ3n) is 4.58. The second-order valence-corrected chi connectivity index (χ2v) is 7.51. The summed E-state index contributed by atoms with van der Waals surface area (Å²) in [7, 11) is 0. The second kappa shape index (κ2) is 7.81. The van der Waals surface area contributed by atoms with Gasteiger partial charge in [0.2, 0.25) is 5.91 Å². The third-order valence-corrected chi connectivity index (χ3v) is 4.58. The first kappa shape index (κ1) is 18.0. The Balaban J connectivity index is 2.48. The van der Waals surface area contributed by atoms with Crippen LogP contribution in [-0.4, -0.2) is 23.0 Å². The van der Waals surface area contributed by atoms with E-state index in [4.69, 9.17) is 0 Å². The number of aliphatic carboxylic acids is 1. The summed E-state index contributed by atoms with van der Waals surface area (Å²) in [6.07, 6.45) is 7.77. The van der Waals surface area contributed by atoms with Crippen LogP contribution in [0.1, 0.15) is 72.6 Å². The summed E-state index contributed by atoms with van der Waals surface area (Å²) >= 11 is 0. The zero-order valence-electron chi connectivity index (χ0n) is 13.9. The standard InChI is InChI=1S/C17H31NO3/c1-5-6-7-12-8-10-13(11-9-12)15(19)18-14(16(20)21)17(2,3)4/h12-14H,5-11H2,1-4H3,(H,18,19)(H,20,21). The van der Waals surface area contributed by atoms with E-state index in [1.807, 2.05) is 20.8 Å². The van der Waals surface area contributed by atoms with Crippen molar-refractivity contribution < 1.29 is 14.7 Å². The molecule has 1 atom stereocenters. The zero-order chi connectivity index (χ0) is 16.0. The first-order valence-electron chi connectivity index (χ1n) is 8.28. The lowest BCUT2D eigenvalue weighted by Crippen LogP contribution is -2.51. The van der Waals surface area contributed by atoms with Crippen molar-refractivity contribution in [1.29, 1.82) is 0 Å². The SMILES string of the molecule is CCCCC1CCC(C(=O)NC(C(=O)O)C(C)(C)C)CC1. The molecular weight excluding hydrogens is 266 g/mol.